The first kappa shape index (κ1) is 13.1. The Kier molecular flexibility index (Phi) is 4.34. The van der Waals surface area contributed by atoms with Crippen molar-refractivity contribution in [3.8, 4) is 0 Å². The van der Waals surface area contributed by atoms with Crippen LogP contribution in [-0.2, 0) is 4.79 Å². The van der Waals surface area contributed by atoms with Crippen molar-refractivity contribution in [1.29, 1.82) is 0 Å². The molecule has 1 unspecified atom stereocenters. The van der Waals surface area contributed by atoms with Crippen molar-refractivity contribution in [2.45, 2.75) is 44.4 Å². The average Bonchev–Trinajstić information content (AvgIpc) is 2.60. The monoisotopic (exact) mass is 250 g/mol. The molecule has 2 rings (SSSR count). The summed E-state index contributed by atoms with van der Waals surface area (Å²) >= 11 is 0. The molecule has 0 heterocycles. The van der Waals surface area contributed by atoms with Crippen LogP contribution in [0.15, 0.2) is 24.3 Å². The predicted molar refractivity (Wildman–Crippen MR) is 68.0 cm³/mol. The lowest BCUT2D eigenvalue weighted by atomic mass is 9.81. The van der Waals surface area contributed by atoms with Gasteiger partial charge in [-0.3, -0.25) is 4.79 Å². The Balaban J connectivity index is 2.21. The molecule has 1 aliphatic carbocycles. The molecular formula is C15H19FO2. The summed E-state index contributed by atoms with van der Waals surface area (Å²) in [5.41, 5.74) is 0.732. The molecule has 1 N–H and O–H groups in total. The van der Waals surface area contributed by atoms with E-state index in [0.29, 0.717) is 0 Å². The van der Waals surface area contributed by atoms with Crippen LogP contribution in [0.5, 0.6) is 0 Å². The summed E-state index contributed by atoms with van der Waals surface area (Å²) in [5.74, 6) is -1.39. The largest absolute Gasteiger partial charge is 0.481 e. The van der Waals surface area contributed by atoms with Gasteiger partial charge in [0.2, 0.25) is 0 Å². The zero-order chi connectivity index (χ0) is 13.0. The molecular weight excluding hydrogens is 231 g/mol. The highest BCUT2D eigenvalue weighted by atomic mass is 19.1. The van der Waals surface area contributed by atoms with E-state index in [9.17, 15) is 14.3 Å². The highest BCUT2D eigenvalue weighted by molar-refractivity contribution is 5.76. The van der Waals surface area contributed by atoms with E-state index in [-0.39, 0.29) is 11.7 Å². The van der Waals surface area contributed by atoms with Crippen LogP contribution in [0, 0.1) is 11.7 Å². The van der Waals surface area contributed by atoms with Crippen molar-refractivity contribution < 1.29 is 14.3 Å². The summed E-state index contributed by atoms with van der Waals surface area (Å²) in [4.78, 5) is 11.5. The van der Waals surface area contributed by atoms with Gasteiger partial charge in [0.05, 0.1) is 5.92 Å². The predicted octanol–water partition coefficient (Wildman–Crippen LogP) is 3.96. The minimum Gasteiger partial charge on any atom is -0.481 e. The van der Waals surface area contributed by atoms with Crippen molar-refractivity contribution in [2.24, 2.45) is 5.92 Å². The van der Waals surface area contributed by atoms with Gasteiger partial charge in [0.25, 0.3) is 0 Å². The number of hydrogen-bond acceptors (Lipinski definition) is 1. The second-order valence-electron chi connectivity index (χ2n) is 5.12. The lowest BCUT2D eigenvalue weighted by molar-refractivity contribution is -0.140. The fourth-order valence-electron chi connectivity index (χ4n) is 2.93. The molecule has 1 fully saturated rings. The van der Waals surface area contributed by atoms with E-state index in [0.717, 1.165) is 31.2 Å². The van der Waals surface area contributed by atoms with E-state index in [2.05, 4.69) is 0 Å². The molecule has 0 spiro atoms. The van der Waals surface area contributed by atoms with Crippen molar-refractivity contribution in [3.05, 3.63) is 35.6 Å². The van der Waals surface area contributed by atoms with Crippen LogP contribution in [0.4, 0.5) is 4.39 Å². The third-order valence-electron chi connectivity index (χ3n) is 3.87. The van der Waals surface area contributed by atoms with Crippen LogP contribution >= 0.6 is 0 Å². The molecule has 18 heavy (non-hydrogen) atoms. The molecule has 0 amide bonds. The first-order valence-electron chi connectivity index (χ1n) is 6.67. The molecule has 0 saturated heterocycles. The lowest BCUT2D eigenvalue weighted by Crippen LogP contribution is -2.21. The number of halogens is 1. The number of aliphatic carboxylic acids is 1. The number of hydrogen-bond donors (Lipinski definition) is 1. The average molecular weight is 250 g/mol. The zero-order valence-electron chi connectivity index (χ0n) is 10.4. The van der Waals surface area contributed by atoms with E-state index < -0.39 is 11.9 Å². The molecule has 1 atom stereocenters. The van der Waals surface area contributed by atoms with E-state index in [1.807, 2.05) is 0 Å². The normalized spacial score (nSPS) is 19.2. The van der Waals surface area contributed by atoms with Crippen LogP contribution in [-0.4, -0.2) is 11.1 Å². The van der Waals surface area contributed by atoms with Gasteiger partial charge in [0.1, 0.15) is 5.82 Å². The third-order valence-corrected chi connectivity index (χ3v) is 3.87. The Morgan fingerprint density at radius 1 is 1.11 bits per heavy atom. The molecule has 2 nitrogen and oxygen atoms in total. The van der Waals surface area contributed by atoms with E-state index >= 15 is 0 Å². The molecule has 1 aromatic carbocycles. The minimum atomic E-state index is -0.784. The van der Waals surface area contributed by atoms with Gasteiger partial charge in [0.15, 0.2) is 0 Å². The molecule has 0 aromatic heterocycles. The van der Waals surface area contributed by atoms with Gasteiger partial charge in [0, 0.05) is 0 Å². The Labute approximate surface area is 107 Å². The third kappa shape index (κ3) is 3.09. The number of carboxylic acid groups (broad SMARTS) is 1. The second kappa shape index (κ2) is 5.98. The van der Waals surface area contributed by atoms with E-state index in [1.54, 1.807) is 12.1 Å². The van der Waals surface area contributed by atoms with Gasteiger partial charge < -0.3 is 5.11 Å². The first-order chi connectivity index (χ1) is 8.68. The minimum absolute atomic E-state index is 0.190. The maximum atomic E-state index is 12.9. The van der Waals surface area contributed by atoms with Gasteiger partial charge in [-0.15, -0.1) is 0 Å². The Morgan fingerprint density at radius 3 is 2.17 bits per heavy atom. The van der Waals surface area contributed by atoms with Crippen LogP contribution in [0.25, 0.3) is 0 Å². The molecule has 0 aliphatic heterocycles. The van der Waals surface area contributed by atoms with Gasteiger partial charge in [-0.1, -0.05) is 37.8 Å². The van der Waals surface area contributed by atoms with Crippen molar-refractivity contribution in [2.75, 3.05) is 0 Å². The van der Waals surface area contributed by atoms with Crippen molar-refractivity contribution in [1.82, 2.24) is 0 Å². The van der Waals surface area contributed by atoms with Crippen LogP contribution < -0.4 is 0 Å². The van der Waals surface area contributed by atoms with Gasteiger partial charge in [-0.25, -0.2) is 4.39 Å². The fraction of sp³-hybridized carbons (Fsp3) is 0.533. The van der Waals surface area contributed by atoms with Gasteiger partial charge in [-0.05, 0) is 36.5 Å². The SMILES string of the molecule is O=C(O)C(c1ccc(F)cc1)C1CCCCCC1. The number of benzene rings is 1. The van der Waals surface area contributed by atoms with Crippen LogP contribution in [0.2, 0.25) is 0 Å². The zero-order valence-corrected chi connectivity index (χ0v) is 10.4. The molecule has 0 bridgehead atoms. The summed E-state index contributed by atoms with van der Waals surface area (Å²) in [5, 5.41) is 9.45. The topological polar surface area (TPSA) is 37.3 Å². The second-order valence-corrected chi connectivity index (χ2v) is 5.12. The highest BCUT2D eigenvalue weighted by Gasteiger charge is 2.29. The molecule has 1 aromatic rings. The summed E-state index contributed by atoms with van der Waals surface area (Å²) in [7, 11) is 0. The summed E-state index contributed by atoms with van der Waals surface area (Å²) in [6.07, 6.45) is 6.55. The van der Waals surface area contributed by atoms with E-state index in [1.165, 1.54) is 25.0 Å². The van der Waals surface area contributed by atoms with E-state index in [4.69, 9.17) is 0 Å². The van der Waals surface area contributed by atoms with Crippen molar-refractivity contribution in [3.63, 3.8) is 0 Å². The Hall–Kier alpha value is -1.38. The summed E-state index contributed by atoms with van der Waals surface area (Å²) in [6, 6.07) is 5.92. The highest BCUT2D eigenvalue weighted by Crippen LogP contribution is 2.35. The Bertz CT molecular complexity index is 391. The molecule has 1 saturated carbocycles. The number of carbonyl (C=O) groups is 1. The maximum Gasteiger partial charge on any atom is 0.311 e. The maximum absolute atomic E-state index is 12.9. The summed E-state index contributed by atoms with van der Waals surface area (Å²) < 4.78 is 12.9. The molecule has 0 radical (unpaired) electrons. The summed E-state index contributed by atoms with van der Waals surface area (Å²) in [6.45, 7) is 0. The quantitative estimate of drug-likeness (QED) is 0.824. The van der Waals surface area contributed by atoms with Crippen molar-refractivity contribution >= 4 is 5.97 Å². The smallest absolute Gasteiger partial charge is 0.311 e. The standard InChI is InChI=1S/C15H19FO2/c16-13-9-7-12(8-10-13)14(15(17)18)11-5-3-1-2-4-6-11/h7-11,14H,1-6H2,(H,17,18). The molecule has 3 heteroatoms. The van der Waals surface area contributed by atoms with Gasteiger partial charge in [-0.2, -0.15) is 0 Å². The molecule has 1 aliphatic rings. The lowest BCUT2D eigenvalue weighted by Gasteiger charge is -2.22. The van der Waals surface area contributed by atoms with Crippen LogP contribution in [0.1, 0.15) is 50.0 Å². The van der Waals surface area contributed by atoms with Crippen LogP contribution in [0.3, 0.4) is 0 Å². The first-order valence-corrected chi connectivity index (χ1v) is 6.67. The Morgan fingerprint density at radius 2 is 1.67 bits per heavy atom. The number of carboxylic acids is 1. The molecule has 98 valence electrons. The van der Waals surface area contributed by atoms with Gasteiger partial charge >= 0.3 is 5.97 Å². The number of rotatable bonds is 3. The fourth-order valence-corrected chi connectivity index (χ4v) is 2.93.